The quantitative estimate of drug-likeness (QED) is 0.124. The minimum atomic E-state index is -2.30. The van der Waals surface area contributed by atoms with Crippen LogP contribution in [-0.4, -0.2) is 19.1 Å². The van der Waals surface area contributed by atoms with Crippen LogP contribution in [0, 0.1) is 25.3 Å². The molecule has 0 saturated heterocycles. The van der Waals surface area contributed by atoms with Crippen molar-refractivity contribution in [1.82, 2.24) is 19.1 Å². The van der Waals surface area contributed by atoms with Gasteiger partial charge in [0, 0.05) is 42.6 Å². The third-order valence-electron chi connectivity index (χ3n) is 9.33. The van der Waals surface area contributed by atoms with Crippen molar-refractivity contribution in [3.05, 3.63) is 169 Å². The first-order valence-electron chi connectivity index (χ1n) is 18.7. The number of ether oxygens (including phenoxy) is 1. The zero-order valence-electron chi connectivity index (χ0n) is 32.2. The Morgan fingerprint density at radius 3 is 2.28 bits per heavy atom. The van der Waals surface area contributed by atoms with Gasteiger partial charge in [-0.25, -0.2) is 4.98 Å². The summed E-state index contributed by atoms with van der Waals surface area (Å²) in [5.74, 6) is 2.24. The van der Waals surface area contributed by atoms with Gasteiger partial charge in [-0.15, -0.1) is 17.5 Å². The van der Waals surface area contributed by atoms with Crippen molar-refractivity contribution in [2.24, 2.45) is 0 Å². The molecule has 0 aliphatic rings. The van der Waals surface area contributed by atoms with E-state index < -0.39 is 6.85 Å². The molecule has 9 rings (SSSR count). The molecule has 262 valence electrons. The summed E-state index contributed by atoms with van der Waals surface area (Å²) < 4.78 is 37.0. The Bertz CT molecular complexity index is 2890. The summed E-state index contributed by atoms with van der Waals surface area (Å²) in [7, 11) is 0. The molecule has 0 saturated carbocycles. The number of para-hydroxylation sites is 3. The summed E-state index contributed by atoms with van der Waals surface area (Å²) in [6, 6.07) is 48.1. The van der Waals surface area contributed by atoms with Gasteiger partial charge in [-0.05, 0) is 70.4 Å². The van der Waals surface area contributed by atoms with Crippen LogP contribution in [0.4, 0.5) is 0 Å². The van der Waals surface area contributed by atoms with Crippen molar-refractivity contribution in [2.45, 2.75) is 33.0 Å². The van der Waals surface area contributed by atoms with Gasteiger partial charge in [-0.2, -0.15) is 18.2 Å². The molecule has 0 atom stereocenters. The zero-order valence-corrected chi connectivity index (χ0v) is 31.5. The molecule has 0 bridgehead atoms. The molecule has 0 fully saturated rings. The third-order valence-corrected chi connectivity index (χ3v) is 9.33. The van der Waals surface area contributed by atoms with Crippen molar-refractivity contribution in [3.63, 3.8) is 0 Å². The van der Waals surface area contributed by atoms with Crippen molar-refractivity contribution in [2.75, 3.05) is 0 Å². The van der Waals surface area contributed by atoms with Gasteiger partial charge >= 0.3 is 0 Å². The maximum atomic E-state index is 8.24. The summed E-state index contributed by atoms with van der Waals surface area (Å²) >= 11 is 0. The molecule has 5 aromatic carbocycles. The van der Waals surface area contributed by atoms with E-state index >= 15 is 0 Å². The van der Waals surface area contributed by atoms with Gasteiger partial charge in [0.1, 0.15) is 5.82 Å². The molecular weight excluding hydrogens is 834 g/mol. The van der Waals surface area contributed by atoms with E-state index in [1.54, 1.807) is 24.4 Å². The van der Waals surface area contributed by atoms with Gasteiger partial charge in [0.15, 0.2) is 0 Å². The van der Waals surface area contributed by atoms with Gasteiger partial charge in [0.05, 0.1) is 22.5 Å². The number of benzene rings is 5. The number of fused-ring (bicyclic) bond motifs is 4. The zero-order chi connectivity index (χ0) is 37.9. The molecule has 0 amide bonds. The first-order chi connectivity index (χ1) is 26.5. The number of nitrogens with zero attached hydrogens (tertiary/aromatic N) is 5. The fourth-order valence-corrected chi connectivity index (χ4v) is 6.78. The van der Waals surface area contributed by atoms with Gasteiger partial charge in [-0.3, -0.25) is 14.1 Å². The second-order valence-electron chi connectivity index (χ2n) is 13.8. The minimum Gasteiger partial charge on any atom is -0.522 e. The molecular formula is C46H35N5OPt-2. The van der Waals surface area contributed by atoms with E-state index in [4.69, 9.17) is 13.8 Å². The minimum absolute atomic E-state index is 0. The molecule has 53 heavy (non-hydrogen) atoms. The Morgan fingerprint density at radius 1 is 0.698 bits per heavy atom. The first-order valence-corrected chi connectivity index (χ1v) is 17.2. The Hall–Kier alpha value is -5.84. The number of pyridine rings is 2. The van der Waals surface area contributed by atoms with Crippen LogP contribution in [0.2, 0.25) is 0 Å². The Kier molecular flexibility index (Phi) is 7.90. The van der Waals surface area contributed by atoms with E-state index in [2.05, 4.69) is 79.1 Å². The standard InChI is InChI=1S/C46H35N5O.Pt/c1-31-24-33(32-12-6-5-7-13-32)26-35(25-31)49-30-50(42-17-11-10-16-41(42)49)44-29-37(21-23-47-44)52-36-18-19-39-38-14-8-9-15-40(38)51(43(39)28-36)45-27-34(20-22-48-45)46(2,3)4;/h5-27H,1-4H3;/q-2;/i1D3;. The molecule has 6 nitrogen and oxygen atoms in total. The molecule has 0 unspecified atom stereocenters. The van der Waals surface area contributed by atoms with E-state index in [-0.39, 0.29) is 32.0 Å². The van der Waals surface area contributed by atoms with Crippen molar-refractivity contribution in [3.8, 4) is 39.9 Å². The summed E-state index contributed by atoms with van der Waals surface area (Å²) in [6.45, 7) is 4.29. The first kappa shape index (κ1) is 30.8. The second kappa shape index (κ2) is 13.6. The van der Waals surface area contributed by atoms with Crippen molar-refractivity contribution < 1.29 is 34.5 Å². The Morgan fingerprint density at radius 2 is 1.45 bits per heavy atom. The van der Waals surface area contributed by atoms with Crippen LogP contribution in [0.1, 0.15) is 36.0 Å². The van der Waals surface area contributed by atoms with Crippen molar-refractivity contribution >= 4 is 32.8 Å². The number of imidazole rings is 1. The molecule has 0 N–H and O–H groups in total. The van der Waals surface area contributed by atoms with Gasteiger partial charge < -0.3 is 9.30 Å². The molecule has 0 aliphatic carbocycles. The Labute approximate surface area is 327 Å². The topological polar surface area (TPSA) is 48.8 Å². The van der Waals surface area contributed by atoms with Crippen LogP contribution in [0.15, 0.2) is 140 Å². The maximum absolute atomic E-state index is 8.24. The van der Waals surface area contributed by atoms with Crippen LogP contribution < -0.4 is 9.30 Å². The molecule has 7 heteroatoms. The van der Waals surface area contributed by atoms with Gasteiger partial charge in [0.25, 0.3) is 6.33 Å². The van der Waals surface area contributed by atoms with E-state index in [0.717, 1.165) is 49.8 Å². The van der Waals surface area contributed by atoms with Crippen LogP contribution in [-0.2, 0) is 26.5 Å². The predicted octanol–water partition coefficient (Wildman–Crippen LogP) is 10.3. The smallest absolute Gasteiger partial charge is 0.269 e. The second-order valence-corrected chi connectivity index (χ2v) is 13.8. The molecule has 0 aliphatic heterocycles. The largest absolute Gasteiger partial charge is 0.522 e. The van der Waals surface area contributed by atoms with E-state index in [0.29, 0.717) is 23.0 Å². The average molecular weight is 872 g/mol. The molecule has 0 radical (unpaired) electrons. The number of hydrogen-bond donors (Lipinski definition) is 0. The fourth-order valence-electron chi connectivity index (χ4n) is 6.78. The Balaban J connectivity index is 0.00000441. The average Bonchev–Trinajstić information content (AvgIpc) is 3.74. The number of aryl methyl sites for hydroxylation is 1. The predicted molar refractivity (Wildman–Crippen MR) is 207 cm³/mol. The molecule has 0 spiro atoms. The van der Waals surface area contributed by atoms with Crippen molar-refractivity contribution in [1.29, 1.82) is 0 Å². The number of rotatable bonds is 6. The normalized spacial score (nSPS) is 12.7. The van der Waals surface area contributed by atoms with Gasteiger partial charge in [-0.1, -0.05) is 117 Å². The summed E-state index contributed by atoms with van der Waals surface area (Å²) in [5.41, 5.74) is 7.29. The molecule has 9 aromatic rings. The molecule has 4 aromatic heterocycles. The maximum Gasteiger partial charge on any atom is 0.269 e. The number of hydrogen-bond acceptors (Lipinski definition) is 3. The van der Waals surface area contributed by atoms with Crippen LogP contribution >= 0.6 is 0 Å². The fraction of sp³-hybridized carbons (Fsp3) is 0.109. The summed E-state index contributed by atoms with van der Waals surface area (Å²) in [5, 5.41) is 2.14. The van der Waals surface area contributed by atoms with E-state index in [1.807, 2.05) is 94.2 Å². The van der Waals surface area contributed by atoms with E-state index in [9.17, 15) is 0 Å². The SMILES string of the molecule is [2H]C([2H])([2H])c1cc(-c2ccccc2)cc(-[n+]2[c-]n(-c3[c-]c(Oc4[c-]c5c(cc4)c4ccccc4n5-c4cc(C(C)(C)C)ccn4)ccn3)c3ccccc32)c1.[Pt]. The third kappa shape index (κ3) is 6.34. The van der Waals surface area contributed by atoms with Crippen LogP contribution in [0.5, 0.6) is 11.5 Å². The van der Waals surface area contributed by atoms with E-state index in [1.165, 1.54) is 5.56 Å². The van der Waals surface area contributed by atoms with Crippen LogP contribution in [0.25, 0.3) is 61.3 Å². The van der Waals surface area contributed by atoms with Crippen LogP contribution in [0.3, 0.4) is 0 Å². The molecule has 4 heterocycles. The summed E-state index contributed by atoms with van der Waals surface area (Å²) in [4.78, 5) is 9.45. The monoisotopic (exact) mass is 871 g/mol. The van der Waals surface area contributed by atoms with Gasteiger partial charge in [0.2, 0.25) is 0 Å². The summed E-state index contributed by atoms with van der Waals surface area (Å²) in [6.07, 6.45) is 6.97. The number of aromatic nitrogens is 5.